The monoisotopic (exact) mass is 274 g/mol. The quantitative estimate of drug-likeness (QED) is 0.805. The number of anilines is 1. The fourth-order valence-corrected chi connectivity index (χ4v) is 1.96. The highest BCUT2D eigenvalue weighted by Gasteiger charge is 2.15. The lowest BCUT2D eigenvalue weighted by Crippen LogP contribution is -2.35. The van der Waals surface area contributed by atoms with Gasteiger partial charge in [0.1, 0.15) is 5.75 Å². The van der Waals surface area contributed by atoms with Gasteiger partial charge in [-0.05, 0) is 25.1 Å². The molecule has 6 heteroatoms. The highest BCUT2D eigenvalue weighted by atomic mass is 16.5. The Balaban J connectivity index is 2.06. The van der Waals surface area contributed by atoms with Gasteiger partial charge in [0.25, 0.3) is 5.91 Å². The van der Waals surface area contributed by atoms with E-state index in [2.05, 4.69) is 10.3 Å². The second kappa shape index (κ2) is 6.10. The number of carbonyl (C=O) groups excluding carboxylic acids is 1. The minimum atomic E-state index is -0.207. The summed E-state index contributed by atoms with van der Waals surface area (Å²) in [4.78, 5) is 16.2. The molecule has 0 aliphatic carbocycles. The van der Waals surface area contributed by atoms with Crippen LogP contribution in [0.2, 0.25) is 0 Å². The first kappa shape index (κ1) is 13.9. The number of nitrogens with one attached hydrogen (secondary N) is 1. The van der Waals surface area contributed by atoms with Gasteiger partial charge < -0.3 is 20.4 Å². The summed E-state index contributed by atoms with van der Waals surface area (Å²) >= 11 is 0. The summed E-state index contributed by atoms with van der Waals surface area (Å²) in [6.45, 7) is 2.58. The molecule has 0 bridgehead atoms. The molecule has 2 aromatic rings. The molecule has 20 heavy (non-hydrogen) atoms. The van der Waals surface area contributed by atoms with E-state index < -0.39 is 0 Å². The van der Waals surface area contributed by atoms with Crippen molar-refractivity contribution in [2.75, 3.05) is 12.8 Å². The van der Waals surface area contributed by atoms with Crippen LogP contribution in [0.3, 0.4) is 0 Å². The lowest BCUT2D eigenvalue weighted by Gasteiger charge is -2.16. The molecule has 6 nitrogen and oxygen atoms in total. The molecule has 3 N–H and O–H groups in total. The molecule has 1 atom stereocenters. The van der Waals surface area contributed by atoms with Crippen LogP contribution in [0.5, 0.6) is 5.75 Å². The SMILES string of the molecule is COc1ccc(N)cc1C(=O)NC(C)Cn1ccnc1. The van der Waals surface area contributed by atoms with E-state index in [1.165, 1.54) is 7.11 Å². The van der Waals surface area contributed by atoms with Gasteiger partial charge in [-0.15, -0.1) is 0 Å². The number of hydrogen-bond acceptors (Lipinski definition) is 4. The zero-order chi connectivity index (χ0) is 14.5. The third-order valence-electron chi connectivity index (χ3n) is 2.89. The molecule has 0 aliphatic heterocycles. The molecule has 0 aliphatic rings. The van der Waals surface area contributed by atoms with Crippen molar-refractivity contribution in [1.82, 2.24) is 14.9 Å². The molecule has 0 radical (unpaired) electrons. The topological polar surface area (TPSA) is 82.2 Å². The van der Waals surface area contributed by atoms with Gasteiger partial charge in [-0.25, -0.2) is 4.98 Å². The highest BCUT2D eigenvalue weighted by molar-refractivity contribution is 5.98. The summed E-state index contributed by atoms with van der Waals surface area (Å²) in [6, 6.07) is 4.95. The first-order valence-electron chi connectivity index (χ1n) is 6.30. The fraction of sp³-hybridized carbons (Fsp3) is 0.286. The molecule has 0 saturated carbocycles. The number of nitrogens with two attached hydrogens (primary N) is 1. The molecule has 1 unspecified atom stereocenters. The highest BCUT2D eigenvalue weighted by Crippen LogP contribution is 2.21. The first-order valence-corrected chi connectivity index (χ1v) is 6.30. The van der Waals surface area contributed by atoms with E-state index in [4.69, 9.17) is 10.5 Å². The Hall–Kier alpha value is -2.50. The molecule has 2 rings (SSSR count). The minimum absolute atomic E-state index is 0.0390. The fourth-order valence-electron chi connectivity index (χ4n) is 1.96. The zero-order valence-electron chi connectivity index (χ0n) is 11.5. The predicted octanol–water partition coefficient (Wildman–Crippen LogP) is 1.29. The number of carbonyl (C=O) groups is 1. The van der Waals surface area contributed by atoms with Crippen molar-refractivity contribution in [3.63, 3.8) is 0 Å². The van der Waals surface area contributed by atoms with E-state index in [0.717, 1.165) is 0 Å². The first-order chi connectivity index (χ1) is 9.60. The van der Waals surface area contributed by atoms with Crippen molar-refractivity contribution in [3.05, 3.63) is 42.5 Å². The number of nitrogen functional groups attached to an aromatic ring is 1. The third kappa shape index (κ3) is 3.28. The van der Waals surface area contributed by atoms with Crippen LogP contribution in [0.4, 0.5) is 5.69 Å². The van der Waals surface area contributed by atoms with Crippen LogP contribution in [0, 0.1) is 0 Å². The Kier molecular flexibility index (Phi) is 4.24. The Morgan fingerprint density at radius 2 is 2.35 bits per heavy atom. The van der Waals surface area contributed by atoms with Gasteiger partial charge in [0, 0.05) is 30.7 Å². The summed E-state index contributed by atoms with van der Waals surface area (Å²) in [6.07, 6.45) is 5.27. The molecule has 0 fully saturated rings. The molecular weight excluding hydrogens is 256 g/mol. The summed E-state index contributed by atoms with van der Waals surface area (Å²) in [5, 5.41) is 2.91. The Morgan fingerprint density at radius 3 is 3.00 bits per heavy atom. The number of hydrogen-bond donors (Lipinski definition) is 2. The Morgan fingerprint density at radius 1 is 1.55 bits per heavy atom. The summed E-state index contributed by atoms with van der Waals surface area (Å²) in [5.41, 5.74) is 6.67. The maximum absolute atomic E-state index is 12.2. The average Bonchev–Trinajstić information content (AvgIpc) is 2.91. The number of ether oxygens (including phenoxy) is 1. The number of rotatable bonds is 5. The van der Waals surface area contributed by atoms with Crippen LogP contribution in [0.15, 0.2) is 36.9 Å². The van der Waals surface area contributed by atoms with Gasteiger partial charge in [-0.1, -0.05) is 0 Å². The summed E-state index contributed by atoms with van der Waals surface area (Å²) < 4.78 is 7.08. The van der Waals surface area contributed by atoms with Crippen molar-refractivity contribution in [1.29, 1.82) is 0 Å². The average molecular weight is 274 g/mol. The normalized spacial score (nSPS) is 11.9. The van der Waals surface area contributed by atoms with Gasteiger partial charge in [0.2, 0.25) is 0 Å². The molecule has 1 aromatic heterocycles. The second-order valence-corrected chi connectivity index (χ2v) is 4.59. The number of methoxy groups -OCH3 is 1. The lowest BCUT2D eigenvalue weighted by atomic mass is 10.1. The van der Waals surface area contributed by atoms with Crippen molar-refractivity contribution in [2.24, 2.45) is 0 Å². The van der Waals surface area contributed by atoms with E-state index in [0.29, 0.717) is 23.5 Å². The molecule has 0 saturated heterocycles. The standard InChI is InChI=1S/C14H18N4O2/c1-10(8-18-6-5-16-9-18)17-14(19)12-7-11(15)3-4-13(12)20-2/h3-7,9-10H,8,15H2,1-2H3,(H,17,19). The van der Waals surface area contributed by atoms with Crippen LogP contribution >= 0.6 is 0 Å². The van der Waals surface area contributed by atoms with E-state index in [-0.39, 0.29) is 11.9 Å². The van der Waals surface area contributed by atoms with Gasteiger partial charge in [-0.2, -0.15) is 0 Å². The van der Waals surface area contributed by atoms with E-state index in [9.17, 15) is 4.79 Å². The van der Waals surface area contributed by atoms with Crippen LogP contribution in [0.25, 0.3) is 0 Å². The molecule has 0 spiro atoms. The van der Waals surface area contributed by atoms with Crippen LogP contribution in [-0.4, -0.2) is 28.6 Å². The number of amides is 1. The molecule has 1 aromatic carbocycles. The summed E-state index contributed by atoms with van der Waals surface area (Å²) in [7, 11) is 1.53. The Labute approximate surface area is 117 Å². The largest absolute Gasteiger partial charge is 0.496 e. The predicted molar refractivity (Wildman–Crippen MR) is 76.6 cm³/mol. The van der Waals surface area contributed by atoms with Gasteiger partial charge >= 0.3 is 0 Å². The van der Waals surface area contributed by atoms with Gasteiger partial charge in [-0.3, -0.25) is 4.79 Å². The van der Waals surface area contributed by atoms with Crippen LogP contribution in [0.1, 0.15) is 17.3 Å². The van der Waals surface area contributed by atoms with Crippen LogP contribution < -0.4 is 15.8 Å². The van der Waals surface area contributed by atoms with Gasteiger partial charge in [0.05, 0.1) is 19.0 Å². The van der Waals surface area contributed by atoms with Crippen molar-refractivity contribution in [3.8, 4) is 5.75 Å². The van der Waals surface area contributed by atoms with Crippen molar-refractivity contribution in [2.45, 2.75) is 19.5 Å². The van der Waals surface area contributed by atoms with E-state index in [1.54, 1.807) is 30.7 Å². The van der Waals surface area contributed by atoms with Crippen molar-refractivity contribution < 1.29 is 9.53 Å². The molecule has 1 heterocycles. The maximum atomic E-state index is 12.2. The molecule has 106 valence electrons. The molecule has 1 amide bonds. The lowest BCUT2D eigenvalue weighted by molar-refractivity contribution is 0.0933. The minimum Gasteiger partial charge on any atom is -0.496 e. The van der Waals surface area contributed by atoms with Gasteiger partial charge in [0.15, 0.2) is 0 Å². The third-order valence-corrected chi connectivity index (χ3v) is 2.89. The summed E-state index contributed by atoms with van der Waals surface area (Å²) in [5.74, 6) is 0.299. The second-order valence-electron chi connectivity index (χ2n) is 4.59. The number of nitrogens with zero attached hydrogens (tertiary/aromatic N) is 2. The van der Waals surface area contributed by atoms with Crippen LogP contribution in [-0.2, 0) is 6.54 Å². The van der Waals surface area contributed by atoms with E-state index >= 15 is 0 Å². The number of benzene rings is 1. The zero-order valence-corrected chi connectivity index (χ0v) is 11.5. The molecular formula is C14H18N4O2. The smallest absolute Gasteiger partial charge is 0.255 e. The maximum Gasteiger partial charge on any atom is 0.255 e. The van der Waals surface area contributed by atoms with Crippen molar-refractivity contribution >= 4 is 11.6 Å². The number of imidazole rings is 1. The number of aromatic nitrogens is 2. The van der Waals surface area contributed by atoms with E-state index in [1.807, 2.05) is 17.7 Å². The Bertz CT molecular complexity index is 581.